The third-order valence-electron chi connectivity index (χ3n) is 3.14. The minimum atomic E-state index is -1.11. The fourth-order valence-corrected chi connectivity index (χ4v) is 2.10. The Hall–Kier alpha value is -3.53. The highest BCUT2D eigenvalue weighted by molar-refractivity contribution is 6.02. The van der Waals surface area contributed by atoms with Crippen LogP contribution in [0.1, 0.15) is 15.9 Å². The zero-order valence-corrected chi connectivity index (χ0v) is 12.3. The number of amides is 1. The maximum Gasteiger partial charge on any atom is 0.300 e. The second-order valence-electron chi connectivity index (χ2n) is 4.84. The molecule has 0 bridgehead atoms. The second-order valence-corrected chi connectivity index (χ2v) is 4.84. The first-order valence-electron chi connectivity index (χ1n) is 6.58. The summed E-state index contributed by atoms with van der Waals surface area (Å²) in [6.45, 7) is 1.80. The predicted octanol–water partition coefficient (Wildman–Crippen LogP) is 2.67. The number of hydroxylamine groups is 1. The number of nitro groups is 2. The van der Waals surface area contributed by atoms with Crippen molar-refractivity contribution in [2.24, 2.45) is 0 Å². The number of nitro benzene ring substituents is 2. The van der Waals surface area contributed by atoms with E-state index in [1.165, 1.54) is 5.48 Å². The molecule has 0 aliphatic carbocycles. The Morgan fingerprint density at radius 3 is 2.38 bits per heavy atom. The van der Waals surface area contributed by atoms with Crippen LogP contribution in [0, 0.1) is 27.2 Å². The average molecular weight is 332 g/mol. The number of carbonyl (C=O) groups excluding carboxylic acids is 1. The van der Waals surface area contributed by atoms with Crippen LogP contribution in [-0.4, -0.2) is 21.0 Å². The topological polar surface area (TPSA) is 148 Å². The van der Waals surface area contributed by atoms with E-state index in [9.17, 15) is 25.0 Å². The zero-order valence-electron chi connectivity index (χ0n) is 12.3. The fourth-order valence-electron chi connectivity index (χ4n) is 2.10. The molecular formula is C14H12N4O6. The van der Waals surface area contributed by atoms with Crippen LogP contribution in [0.15, 0.2) is 36.4 Å². The minimum Gasteiger partial charge on any atom is -0.349 e. The van der Waals surface area contributed by atoms with E-state index in [1.54, 1.807) is 31.2 Å². The lowest BCUT2D eigenvalue weighted by Gasteiger charge is -2.12. The van der Waals surface area contributed by atoms with E-state index in [4.69, 9.17) is 5.21 Å². The van der Waals surface area contributed by atoms with Crippen LogP contribution in [0.4, 0.5) is 22.7 Å². The van der Waals surface area contributed by atoms with Gasteiger partial charge in [0.25, 0.3) is 17.3 Å². The van der Waals surface area contributed by atoms with E-state index in [0.29, 0.717) is 5.69 Å². The lowest BCUT2D eigenvalue weighted by atomic mass is 10.1. The van der Waals surface area contributed by atoms with Crippen molar-refractivity contribution in [2.75, 3.05) is 5.32 Å². The number of rotatable bonds is 5. The number of nitrogens with zero attached hydrogens (tertiary/aromatic N) is 2. The van der Waals surface area contributed by atoms with Gasteiger partial charge in [0.1, 0.15) is 5.69 Å². The smallest absolute Gasteiger partial charge is 0.300 e. The molecule has 0 atom stereocenters. The van der Waals surface area contributed by atoms with Crippen molar-refractivity contribution in [1.29, 1.82) is 0 Å². The molecule has 3 N–H and O–H groups in total. The van der Waals surface area contributed by atoms with E-state index in [1.807, 2.05) is 0 Å². The zero-order chi connectivity index (χ0) is 17.9. The molecule has 2 rings (SSSR count). The third kappa shape index (κ3) is 3.44. The maximum absolute atomic E-state index is 11.8. The molecular weight excluding hydrogens is 320 g/mol. The van der Waals surface area contributed by atoms with E-state index in [2.05, 4.69) is 5.32 Å². The van der Waals surface area contributed by atoms with Crippen LogP contribution in [-0.2, 0) is 0 Å². The Morgan fingerprint density at radius 1 is 1.12 bits per heavy atom. The van der Waals surface area contributed by atoms with E-state index in [0.717, 1.165) is 17.7 Å². The normalized spacial score (nSPS) is 10.1. The van der Waals surface area contributed by atoms with Gasteiger partial charge < -0.3 is 5.32 Å². The molecule has 0 aliphatic rings. The first-order valence-corrected chi connectivity index (χ1v) is 6.58. The summed E-state index contributed by atoms with van der Waals surface area (Å²) in [4.78, 5) is 32.3. The van der Waals surface area contributed by atoms with Crippen LogP contribution in [0.25, 0.3) is 0 Å². The molecule has 0 radical (unpaired) electrons. The van der Waals surface area contributed by atoms with Crippen molar-refractivity contribution in [1.82, 2.24) is 5.48 Å². The molecule has 0 aromatic heterocycles. The van der Waals surface area contributed by atoms with Crippen LogP contribution < -0.4 is 10.8 Å². The van der Waals surface area contributed by atoms with Gasteiger partial charge in [0.15, 0.2) is 0 Å². The quantitative estimate of drug-likeness (QED) is 0.433. The number of aryl methyl sites for hydroxylation is 1. The Morgan fingerprint density at radius 2 is 1.83 bits per heavy atom. The molecule has 0 fully saturated rings. The highest BCUT2D eigenvalue weighted by atomic mass is 16.6. The molecule has 124 valence electrons. The van der Waals surface area contributed by atoms with E-state index >= 15 is 0 Å². The fraction of sp³-hybridized carbons (Fsp3) is 0.0714. The van der Waals surface area contributed by atoms with E-state index in [-0.39, 0.29) is 5.69 Å². The number of benzene rings is 2. The second kappa shape index (κ2) is 6.71. The van der Waals surface area contributed by atoms with Crippen molar-refractivity contribution in [3.8, 4) is 0 Å². The molecule has 0 saturated heterocycles. The Balaban J connectivity index is 2.68. The Kier molecular flexibility index (Phi) is 4.70. The summed E-state index contributed by atoms with van der Waals surface area (Å²) in [6.07, 6.45) is 0. The third-order valence-corrected chi connectivity index (χ3v) is 3.14. The molecule has 0 saturated carbocycles. The molecule has 0 unspecified atom stereocenters. The van der Waals surface area contributed by atoms with Gasteiger partial charge in [-0.25, -0.2) is 5.48 Å². The van der Waals surface area contributed by atoms with Crippen molar-refractivity contribution in [2.45, 2.75) is 6.92 Å². The maximum atomic E-state index is 11.8. The van der Waals surface area contributed by atoms with Gasteiger partial charge >= 0.3 is 0 Å². The minimum absolute atomic E-state index is 0.261. The number of hydrogen-bond donors (Lipinski definition) is 3. The number of anilines is 2. The summed E-state index contributed by atoms with van der Waals surface area (Å²) in [5, 5.41) is 33.7. The first kappa shape index (κ1) is 16.8. The highest BCUT2D eigenvalue weighted by Crippen LogP contribution is 2.35. The van der Waals surface area contributed by atoms with Crippen LogP contribution in [0.3, 0.4) is 0 Å². The number of carbonyl (C=O) groups is 1. The molecule has 0 spiro atoms. The van der Waals surface area contributed by atoms with E-state index < -0.39 is 32.7 Å². The summed E-state index contributed by atoms with van der Waals surface area (Å²) < 4.78 is 0. The monoisotopic (exact) mass is 332 g/mol. The van der Waals surface area contributed by atoms with Crippen molar-refractivity contribution in [3.05, 3.63) is 67.8 Å². The van der Waals surface area contributed by atoms with Crippen molar-refractivity contribution < 1.29 is 19.8 Å². The molecule has 10 nitrogen and oxygen atoms in total. The molecule has 2 aromatic rings. The van der Waals surface area contributed by atoms with Gasteiger partial charge in [-0.1, -0.05) is 12.1 Å². The van der Waals surface area contributed by atoms with Crippen molar-refractivity contribution >= 4 is 28.7 Å². The first-order chi connectivity index (χ1) is 11.3. The van der Waals surface area contributed by atoms with Crippen molar-refractivity contribution in [3.63, 3.8) is 0 Å². The van der Waals surface area contributed by atoms with Crippen LogP contribution in [0.5, 0.6) is 0 Å². The van der Waals surface area contributed by atoms with Gasteiger partial charge in [0.2, 0.25) is 0 Å². The SMILES string of the molecule is Cc1cccc(Nc2c(C(=O)NO)cc([N+](=O)[O-])cc2[N+](=O)[O-])c1. The standard InChI is InChI=1S/C14H12N4O6/c1-8-3-2-4-9(5-8)15-13-11(14(19)16-20)6-10(17(21)22)7-12(13)18(23)24/h2-7,15,20H,1H3,(H,16,19). The Bertz CT molecular complexity index is 836. The lowest BCUT2D eigenvalue weighted by Crippen LogP contribution is -2.20. The van der Waals surface area contributed by atoms with Gasteiger partial charge in [-0.2, -0.15) is 0 Å². The highest BCUT2D eigenvalue weighted by Gasteiger charge is 2.27. The van der Waals surface area contributed by atoms with Crippen LogP contribution >= 0.6 is 0 Å². The van der Waals surface area contributed by atoms with Gasteiger partial charge in [-0.3, -0.25) is 30.2 Å². The number of non-ortho nitro benzene ring substituents is 1. The summed E-state index contributed by atoms with van der Waals surface area (Å²) in [7, 11) is 0. The van der Waals surface area contributed by atoms with Gasteiger partial charge in [0.05, 0.1) is 21.5 Å². The van der Waals surface area contributed by atoms with Crippen LogP contribution in [0.2, 0.25) is 0 Å². The summed E-state index contributed by atoms with van der Waals surface area (Å²) in [5.74, 6) is -1.11. The molecule has 1 amide bonds. The lowest BCUT2D eigenvalue weighted by molar-refractivity contribution is -0.393. The number of hydrogen-bond acceptors (Lipinski definition) is 7. The summed E-state index contributed by atoms with van der Waals surface area (Å²) in [6, 6.07) is 8.37. The Labute approximate surface area is 135 Å². The van der Waals surface area contributed by atoms with Gasteiger partial charge in [-0.05, 0) is 24.6 Å². The summed E-state index contributed by atoms with van der Waals surface area (Å²) in [5.41, 5.74) is 0.631. The molecule has 10 heteroatoms. The number of nitrogens with one attached hydrogen (secondary N) is 2. The molecule has 24 heavy (non-hydrogen) atoms. The largest absolute Gasteiger partial charge is 0.349 e. The molecule has 0 aliphatic heterocycles. The van der Waals surface area contributed by atoms with Gasteiger partial charge in [-0.15, -0.1) is 0 Å². The van der Waals surface area contributed by atoms with Gasteiger partial charge in [0, 0.05) is 11.8 Å². The molecule has 0 heterocycles. The molecule has 2 aromatic carbocycles. The summed E-state index contributed by atoms with van der Waals surface area (Å²) >= 11 is 0. The predicted molar refractivity (Wildman–Crippen MR) is 83.5 cm³/mol. The average Bonchev–Trinajstić information content (AvgIpc) is 2.53.